The summed E-state index contributed by atoms with van der Waals surface area (Å²) in [5, 5.41) is 9.68. The number of hydrogen-bond acceptors (Lipinski definition) is 1. The molecule has 0 saturated carbocycles. The van der Waals surface area contributed by atoms with E-state index < -0.39 is 11.8 Å². The van der Waals surface area contributed by atoms with Gasteiger partial charge in [-0.25, -0.2) is 13.6 Å². The number of halogens is 2. The third-order valence-electron chi connectivity index (χ3n) is 3.38. The topological polar surface area (TPSA) is 42.2 Å². The van der Waals surface area contributed by atoms with E-state index >= 15 is 0 Å². The van der Waals surface area contributed by atoms with Gasteiger partial charge in [-0.15, -0.1) is 0 Å². The van der Waals surface area contributed by atoms with E-state index in [1.807, 2.05) is 6.07 Å². The molecule has 1 aromatic heterocycles. The predicted molar refractivity (Wildman–Crippen MR) is 74.4 cm³/mol. The fourth-order valence-corrected chi connectivity index (χ4v) is 2.29. The monoisotopic (exact) mass is 287 g/mol. The van der Waals surface area contributed by atoms with Crippen molar-refractivity contribution in [1.82, 2.24) is 4.57 Å². The zero-order valence-electron chi connectivity index (χ0n) is 10.9. The van der Waals surface area contributed by atoms with Crippen LogP contribution in [-0.2, 0) is 6.54 Å². The SMILES string of the molecule is O=C(O)c1ccc(Cn2ccc3ccc(F)cc32)c(F)c1. The molecule has 21 heavy (non-hydrogen) atoms. The number of carboxylic acid groups (broad SMARTS) is 1. The maximum absolute atomic E-state index is 13.9. The number of carboxylic acids is 1. The van der Waals surface area contributed by atoms with Crippen LogP contribution in [0, 0.1) is 11.6 Å². The number of benzene rings is 2. The molecule has 1 heterocycles. The van der Waals surface area contributed by atoms with Gasteiger partial charge in [0.1, 0.15) is 11.6 Å². The first-order chi connectivity index (χ1) is 10.0. The minimum absolute atomic E-state index is 0.0975. The Morgan fingerprint density at radius 1 is 1.10 bits per heavy atom. The van der Waals surface area contributed by atoms with Crippen molar-refractivity contribution < 1.29 is 18.7 Å². The van der Waals surface area contributed by atoms with Crippen molar-refractivity contribution in [3.63, 3.8) is 0 Å². The minimum Gasteiger partial charge on any atom is -0.478 e. The quantitative estimate of drug-likeness (QED) is 0.798. The van der Waals surface area contributed by atoms with E-state index in [-0.39, 0.29) is 17.9 Å². The Morgan fingerprint density at radius 2 is 1.90 bits per heavy atom. The zero-order chi connectivity index (χ0) is 15.0. The van der Waals surface area contributed by atoms with E-state index in [1.165, 1.54) is 24.3 Å². The average Bonchev–Trinajstić information content (AvgIpc) is 2.83. The maximum Gasteiger partial charge on any atom is 0.335 e. The summed E-state index contributed by atoms with van der Waals surface area (Å²) in [6.07, 6.45) is 1.74. The third-order valence-corrected chi connectivity index (χ3v) is 3.38. The Balaban J connectivity index is 1.99. The van der Waals surface area contributed by atoms with Gasteiger partial charge in [-0.1, -0.05) is 6.07 Å². The Hall–Kier alpha value is -2.69. The zero-order valence-corrected chi connectivity index (χ0v) is 10.9. The second-order valence-electron chi connectivity index (χ2n) is 4.76. The van der Waals surface area contributed by atoms with Gasteiger partial charge in [0, 0.05) is 11.8 Å². The van der Waals surface area contributed by atoms with Gasteiger partial charge in [-0.05, 0) is 41.8 Å². The number of rotatable bonds is 3. The van der Waals surface area contributed by atoms with E-state index in [0.29, 0.717) is 11.1 Å². The molecule has 1 N–H and O–H groups in total. The number of hydrogen-bond donors (Lipinski definition) is 1. The summed E-state index contributed by atoms with van der Waals surface area (Å²) in [6.45, 7) is 0.207. The standard InChI is InChI=1S/C16H11F2NO2/c17-13-4-3-10-5-6-19(15(10)8-13)9-12-2-1-11(16(20)21)7-14(12)18/h1-8H,9H2,(H,20,21). The van der Waals surface area contributed by atoms with Crippen LogP contribution in [0.25, 0.3) is 10.9 Å². The molecule has 3 rings (SSSR count). The molecule has 106 valence electrons. The van der Waals surface area contributed by atoms with E-state index in [9.17, 15) is 13.6 Å². The number of nitrogens with zero attached hydrogens (tertiary/aromatic N) is 1. The lowest BCUT2D eigenvalue weighted by Crippen LogP contribution is -2.03. The molecule has 0 saturated heterocycles. The minimum atomic E-state index is -1.17. The molecule has 0 unspecified atom stereocenters. The van der Waals surface area contributed by atoms with Crippen LogP contribution in [0.1, 0.15) is 15.9 Å². The number of fused-ring (bicyclic) bond motifs is 1. The lowest BCUT2D eigenvalue weighted by molar-refractivity contribution is 0.0696. The third kappa shape index (κ3) is 2.50. The van der Waals surface area contributed by atoms with E-state index in [4.69, 9.17) is 5.11 Å². The molecule has 0 radical (unpaired) electrons. The van der Waals surface area contributed by atoms with Gasteiger partial charge in [0.25, 0.3) is 0 Å². The summed E-state index contributed by atoms with van der Waals surface area (Å²) in [7, 11) is 0. The average molecular weight is 287 g/mol. The van der Waals surface area contributed by atoms with Crippen LogP contribution in [0.2, 0.25) is 0 Å². The summed E-state index contributed by atoms with van der Waals surface area (Å²) in [5.41, 5.74) is 0.915. The summed E-state index contributed by atoms with van der Waals surface area (Å²) in [6, 6.07) is 10.0. The van der Waals surface area contributed by atoms with Gasteiger partial charge in [-0.2, -0.15) is 0 Å². The van der Waals surface area contributed by atoms with Crippen molar-refractivity contribution in [1.29, 1.82) is 0 Å². The van der Waals surface area contributed by atoms with Crippen LogP contribution in [0.5, 0.6) is 0 Å². The summed E-state index contributed by atoms with van der Waals surface area (Å²) in [4.78, 5) is 10.8. The van der Waals surface area contributed by atoms with Gasteiger partial charge in [0.2, 0.25) is 0 Å². The first-order valence-electron chi connectivity index (χ1n) is 6.31. The second-order valence-corrected chi connectivity index (χ2v) is 4.76. The van der Waals surface area contributed by atoms with Gasteiger partial charge < -0.3 is 9.67 Å². The molecule has 5 heteroatoms. The van der Waals surface area contributed by atoms with Gasteiger partial charge in [0.15, 0.2) is 0 Å². The van der Waals surface area contributed by atoms with Gasteiger partial charge in [0.05, 0.1) is 17.6 Å². The largest absolute Gasteiger partial charge is 0.478 e. The molecule has 0 aliphatic carbocycles. The van der Waals surface area contributed by atoms with Crippen molar-refractivity contribution in [2.24, 2.45) is 0 Å². The Kier molecular flexibility index (Phi) is 3.17. The Bertz CT molecular complexity index is 839. The van der Waals surface area contributed by atoms with Gasteiger partial charge in [-0.3, -0.25) is 0 Å². The summed E-state index contributed by atoms with van der Waals surface area (Å²) >= 11 is 0. The van der Waals surface area contributed by atoms with Crippen molar-refractivity contribution >= 4 is 16.9 Å². The molecule has 3 nitrogen and oxygen atoms in total. The first kappa shape index (κ1) is 13.3. The molecular weight excluding hydrogens is 276 g/mol. The van der Waals surface area contributed by atoms with Crippen molar-refractivity contribution in [2.45, 2.75) is 6.54 Å². The number of aromatic carboxylic acids is 1. The smallest absolute Gasteiger partial charge is 0.335 e. The Morgan fingerprint density at radius 3 is 2.62 bits per heavy atom. The molecule has 3 aromatic rings. The highest BCUT2D eigenvalue weighted by Crippen LogP contribution is 2.20. The highest BCUT2D eigenvalue weighted by molar-refractivity contribution is 5.87. The van der Waals surface area contributed by atoms with Crippen LogP contribution in [0.15, 0.2) is 48.7 Å². The van der Waals surface area contributed by atoms with E-state index in [0.717, 1.165) is 11.5 Å². The lowest BCUT2D eigenvalue weighted by atomic mass is 10.1. The van der Waals surface area contributed by atoms with Crippen LogP contribution in [-0.4, -0.2) is 15.6 Å². The summed E-state index contributed by atoms with van der Waals surface area (Å²) in [5.74, 6) is -2.12. The molecule has 0 aliphatic rings. The molecule has 0 amide bonds. The molecule has 0 atom stereocenters. The molecule has 0 fully saturated rings. The normalized spacial score (nSPS) is 11.0. The fourth-order valence-electron chi connectivity index (χ4n) is 2.29. The maximum atomic E-state index is 13.9. The van der Waals surface area contributed by atoms with Crippen molar-refractivity contribution in [3.05, 3.63) is 71.4 Å². The van der Waals surface area contributed by atoms with Gasteiger partial charge >= 0.3 is 5.97 Å². The van der Waals surface area contributed by atoms with Crippen LogP contribution >= 0.6 is 0 Å². The number of aromatic nitrogens is 1. The van der Waals surface area contributed by atoms with E-state index in [1.54, 1.807) is 16.8 Å². The Labute approximate surface area is 119 Å². The van der Waals surface area contributed by atoms with Crippen LogP contribution in [0.4, 0.5) is 8.78 Å². The van der Waals surface area contributed by atoms with E-state index in [2.05, 4.69) is 0 Å². The van der Waals surface area contributed by atoms with Crippen LogP contribution in [0.3, 0.4) is 0 Å². The molecular formula is C16H11F2NO2. The fraction of sp³-hybridized carbons (Fsp3) is 0.0625. The predicted octanol–water partition coefficient (Wildman–Crippen LogP) is 3.67. The summed E-state index contributed by atoms with van der Waals surface area (Å²) < 4.78 is 29.0. The lowest BCUT2D eigenvalue weighted by Gasteiger charge is -2.08. The van der Waals surface area contributed by atoms with Crippen molar-refractivity contribution in [3.8, 4) is 0 Å². The van der Waals surface area contributed by atoms with Crippen molar-refractivity contribution in [2.75, 3.05) is 0 Å². The highest BCUT2D eigenvalue weighted by atomic mass is 19.1. The molecule has 0 aliphatic heterocycles. The molecule has 0 bridgehead atoms. The van der Waals surface area contributed by atoms with Crippen LogP contribution < -0.4 is 0 Å². The molecule has 2 aromatic carbocycles. The highest BCUT2D eigenvalue weighted by Gasteiger charge is 2.10. The number of carbonyl (C=O) groups is 1. The first-order valence-corrected chi connectivity index (χ1v) is 6.31. The molecule has 0 spiro atoms. The second kappa shape index (κ2) is 5.01.